The number of esters is 3. The van der Waals surface area contributed by atoms with Gasteiger partial charge in [0.1, 0.15) is 76.3 Å². The number of aliphatic hydroxyl groups excluding tert-OH is 1. The molecule has 3 saturated heterocycles. The predicted molar refractivity (Wildman–Crippen MR) is 295 cm³/mol. The quantitative estimate of drug-likeness (QED) is 0.0260. The second kappa shape index (κ2) is 27.8. The van der Waals surface area contributed by atoms with Crippen molar-refractivity contribution in [2.45, 2.75) is 152 Å². The Kier molecular flexibility index (Phi) is 21.2. The Labute approximate surface area is 473 Å². The number of ether oxygens (including phenoxy) is 13. The summed E-state index contributed by atoms with van der Waals surface area (Å²) < 4.78 is 75.2. The average molecular weight is 1130 g/mol. The number of cyclic esters (lactones) is 1. The van der Waals surface area contributed by atoms with Gasteiger partial charge in [-0.05, 0) is 140 Å². The first-order valence-corrected chi connectivity index (χ1v) is 27.1. The molecule has 0 saturated carbocycles. The summed E-state index contributed by atoms with van der Waals surface area (Å²) in [5.74, 6) is -2.01. The molecule has 438 valence electrons. The zero-order chi connectivity index (χ0) is 58.5. The van der Waals surface area contributed by atoms with Crippen LogP contribution in [0.3, 0.4) is 0 Å². The minimum absolute atomic E-state index is 0.0358. The Bertz CT molecular complexity index is 2830. The molecular formula is C62H76O19. The van der Waals surface area contributed by atoms with Crippen molar-refractivity contribution in [3.05, 3.63) is 143 Å². The maximum absolute atomic E-state index is 13.5. The summed E-state index contributed by atoms with van der Waals surface area (Å²) >= 11 is 0. The van der Waals surface area contributed by atoms with Crippen LogP contribution in [0.4, 0.5) is 0 Å². The number of methoxy groups -OCH3 is 4. The van der Waals surface area contributed by atoms with Crippen LogP contribution in [0.2, 0.25) is 0 Å². The van der Waals surface area contributed by atoms with Crippen molar-refractivity contribution < 1.29 is 91.0 Å². The molecule has 0 radical (unpaired) electrons. The zero-order valence-corrected chi connectivity index (χ0v) is 47.7. The maximum Gasteiger partial charge on any atom is 0.342 e. The van der Waals surface area contributed by atoms with Crippen LogP contribution in [0.5, 0.6) is 23.0 Å². The number of aryl methyl sites for hydroxylation is 2. The van der Waals surface area contributed by atoms with E-state index in [0.717, 1.165) is 0 Å². The SMILES string of the molecule is COCOc1cc(OC)cc(CCC[C@@H]2OC(C)(C)O[C@@H]2C(/C=C\C[C@H](C)O)OC(=O)c2ccccc2)c1C(=O)O.COCOc1cc(OC)cc2c1C(=O)O[C@@H](C)C/C=C\C(OC(=O)c1ccccc1)[C@H]1OC(C)(C)C3(CC2)O[C@H]13. The van der Waals surface area contributed by atoms with E-state index in [1.807, 2.05) is 45.0 Å². The number of benzene rings is 4. The van der Waals surface area contributed by atoms with Crippen LogP contribution in [-0.4, -0.2) is 142 Å². The van der Waals surface area contributed by atoms with E-state index >= 15 is 0 Å². The van der Waals surface area contributed by atoms with Crippen molar-refractivity contribution in [2.24, 2.45) is 0 Å². The highest BCUT2D eigenvalue weighted by atomic mass is 16.8. The van der Waals surface area contributed by atoms with Gasteiger partial charge in [-0.15, -0.1) is 0 Å². The number of aromatic carboxylic acids is 1. The number of hydrogen-bond acceptors (Lipinski definition) is 18. The molecule has 4 aromatic rings. The van der Waals surface area contributed by atoms with Crippen LogP contribution < -0.4 is 18.9 Å². The third kappa shape index (κ3) is 15.6. The summed E-state index contributed by atoms with van der Waals surface area (Å²) in [6.45, 7) is 10.9. The molecule has 19 nitrogen and oxygen atoms in total. The fraction of sp³-hybridized carbons (Fsp3) is 0.484. The number of carboxylic acid groups (broad SMARTS) is 1. The van der Waals surface area contributed by atoms with Gasteiger partial charge in [-0.2, -0.15) is 0 Å². The molecule has 4 aromatic carbocycles. The molecule has 0 spiro atoms. The standard InChI is InChI=1S/C31H40O10.C31H36O9/c1-20(32)11-9-15-24(39-30(35)21-12-7-6-8-13-21)28-25(40-31(2,3)41-28)16-10-14-22-17-23(37-5)18-26(38-19-36-4)27(22)29(33)34;1-19-10-9-13-23(38-28(32)20-11-7-6-8-12-20)26-27-31(40-27,30(2,3)39-26)15-14-21-16-22(35-5)17-24(36-18-34-4)25(21)29(33)37-19/h6-9,12-13,15,17-18,20,24-25,28,32H,10-11,14,16,19H2,1-5H3,(H,33,34);6-9,11-13,16-17,19,23,26-27H,10,14-15,18H2,1-5H3/b15-9-;13-9-/t20-,24?,25-,28+;19-,23?,26+,27+,31?/m00/s1. The molecule has 3 fully saturated rings. The summed E-state index contributed by atoms with van der Waals surface area (Å²) in [4.78, 5) is 51.6. The number of fused-ring (bicyclic) bond motifs is 1. The normalized spacial score (nSPS) is 24.6. The van der Waals surface area contributed by atoms with Crippen LogP contribution in [0, 0.1) is 0 Å². The van der Waals surface area contributed by atoms with Crippen molar-refractivity contribution in [2.75, 3.05) is 42.0 Å². The maximum atomic E-state index is 13.5. The second-order valence-corrected chi connectivity index (χ2v) is 21.1. The van der Waals surface area contributed by atoms with Crippen LogP contribution in [0.1, 0.15) is 126 Å². The van der Waals surface area contributed by atoms with E-state index in [1.165, 1.54) is 27.4 Å². The van der Waals surface area contributed by atoms with E-state index in [9.17, 15) is 29.4 Å². The van der Waals surface area contributed by atoms with Gasteiger partial charge in [0.15, 0.2) is 19.4 Å². The van der Waals surface area contributed by atoms with Crippen molar-refractivity contribution in [1.29, 1.82) is 0 Å². The highest BCUT2D eigenvalue weighted by molar-refractivity contribution is 5.95. The van der Waals surface area contributed by atoms with Gasteiger partial charge in [0, 0.05) is 32.8 Å². The van der Waals surface area contributed by atoms with E-state index < -0.39 is 83.6 Å². The molecule has 81 heavy (non-hydrogen) atoms. The van der Waals surface area contributed by atoms with E-state index in [1.54, 1.807) is 107 Å². The van der Waals surface area contributed by atoms with Gasteiger partial charge >= 0.3 is 23.9 Å². The molecule has 4 aliphatic rings. The van der Waals surface area contributed by atoms with E-state index in [-0.39, 0.29) is 31.0 Å². The summed E-state index contributed by atoms with van der Waals surface area (Å²) in [6, 6.07) is 24.2. The zero-order valence-electron chi connectivity index (χ0n) is 47.7. The first kappa shape index (κ1) is 61.8. The van der Waals surface area contributed by atoms with Gasteiger partial charge in [0.05, 0.1) is 43.2 Å². The molecule has 2 N–H and O–H groups in total. The fourth-order valence-electron chi connectivity index (χ4n) is 10.4. The van der Waals surface area contributed by atoms with Crippen molar-refractivity contribution in [1.82, 2.24) is 0 Å². The van der Waals surface area contributed by atoms with Gasteiger partial charge in [-0.3, -0.25) is 0 Å². The summed E-state index contributed by atoms with van der Waals surface area (Å²) in [6.07, 6.45) is 5.99. The van der Waals surface area contributed by atoms with Crippen molar-refractivity contribution in [3.8, 4) is 23.0 Å². The predicted octanol–water partition coefficient (Wildman–Crippen LogP) is 9.43. The van der Waals surface area contributed by atoms with Crippen LogP contribution in [-0.2, 0) is 55.5 Å². The highest BCUT2D eigenvalue weighted by Crippen LogP contribution is 2.59. The Morgan fingerprint density at radius 3 is 2.05 bits per heavy atom. The Morgan fingerprint density at radius 1 is 0.802 bits per heavy atom. The molecule has 19 heteroatoms. The third-order valence-electron chi connectivity index (χ3n) is 14.3. The molecule has 0 amide bonds. The molecule has 3 unspecified atom stereocenters. The number of aliphatic hydroxyl groups is 1. The fourth-order valence-corrected chi connectivity index (χ4v) is 10.4. The van der Waals surface area contributed by atoms with Gasteiger partial charge in [0.25, 0.3) is 0 Å². The molecule has 0 aromatic heterocycles. The van der Waals surface area contributed by atoms with Gasteiger partial charge in [0.2, 0.25) is 0 Å². The Balaban J connectivity index is 0.000000234. The monoisotopic (exact) mass is 1120 g/mol. The molecule has 0 aliphatic carbocycles. The lowest BCUT2D eigenvalue weighted by molar-refractivity contribution is -0.153. The molecule has 4 aliphatic heterocycles. The Hall–Kier alpha value is -6.84. The van der Waals surface area contributed by atoms with Gasteiger partial charge in [-0.1, -0.05) is 48.6 Å². The number of carbonyl (C=O) groups excluding carboxylic acids is 3. The topological polar surface area (TPSA) is 232 Å². The van der Waals surface area contributed by atoms with Crippen molar-refractivity contribution in [3.63, 3.8) is 0 Å². The van der Waals surface area contributed by atoms with Crippen LogP contribution in [0.15, 0.2) is 109 Å². The highest BCUT2D eigenvalue weighted by Gasteiger charge is 2.75. The third-order valence-corrected chi connectivity index (χ3v) is 14.3. The van der Waals surface area contributed by atoms with E-state index in [2.05, 4.69) is 0 Å². The largest absolute Gasteiger partial charge is 0.497 e. The molecule has 8 rings (SSSR count). The van der Waals surface area contributed by atoms with Crippen molar-refractivity contribution >= 4 is 23.9 Å². The lowest BCUT2D eigenvalue weighted by Gasteiger charge is -2.31. The first-order chi connectivity index (χ1) is 38.7. The molecule has 2 bridgehead atoms. The number of hydrogen-bond donors (Lipinski definition) is 2. The summed E-state index contributed by atoms with van der Waals surface area (Å²) in [5.41, 5.74) is 1.19. The first-order valence-electron chi connectivity index (χ1n) is 27.1. The molecular weight excluding hydrogens is 1050 g/mol. The van der Waals surface area contributed by atoms with Gasteiger partial charge < -0.3 is 71.8 Å². The second-order valence-electron chi connectivity index (χ2n) is 21.1. The number of carboxylic acids is 1. The number of epoxide rings is 1. The average Bonchev–Trinajstić information content (AvgIpc) is 2.01. The molecule has 9 atom stereocenters. The lowest BCUT2D eigenvalue weighted by Crippen LogP contribution is -2.40. The lowest BCUT2D eigenvalue weighted by atomic mass is 9.83. The van der Waals surface area contributed by atoms with E-state index in [0.29, 0.717) is 90.0 Å². The number of carbonyl (C=O) groups is 4. The van der Waals surface area contributed by atoms with Crippen LogP contribution >= 0.6 is 0 Å². The Morgan fingerprint density at radius 2 is 1.43 bits per heavy atom. The van der Waals surface area contributed by atoms with Crippen LogP contribution in [0.25, 0.3) is 0 Å². The minimum atomic E-state index is -1.12. The molecule has 4 heterocycles. The van der Waals surface area contributed by atoms with E-state index in [4.69, 9.17) is 61.6 Å². The van der Waals surface area contributed by atoms with Gasteiger partial charge in [-0.25, -0.2) is 19.2 Å². The summed E-state index contributed by atoms with van der Waals surface area (Å²) in [5, 5.41) is 19.7. The summed E-state index contributed by atoms with van der Waals surface area (Å²) in [7, 11) is 6.02. The number of rotatable bonds is 21. The smallest absolute Gasteiger partial charge is 0.342 e. The minimum Gasteiger partial charge on any atom is -0.497 e.